The topological polar surface area (TPSA) is 84.3 Å². The zero-order valence-corrected chi connectivity index (χ0v) is 13.5. The molecule has 0 bridgehead atoms. The van der Waals surface area contributed by atoms with Crippen LogP contribution in [0.2, 0.25) is 0 Å². The number of hydrogen-bond acceptors (Lipinski definition) is 4. The van der Waals surface area contributed by atoms with Crippen LogP contribution in [0.25, 0.3) is 0 Å². The molecule has 2 rings (SSSR count). The average molecular weight is 367 g/mol. The molecule has 0 heterocycles. The number of anilines is 1. The molecule has 2 aromatic carbocycles. The quantitative estimate of drug-likeness (QED) is 0.577. The van der Waals surface area contributed by atoms with E-state index < -0.39 is 16.7 Å². The van der Waals surface area contributed by atoms with Crippen molar-refractivity contribution in [2.45, 2.75) is 19.1 Å². The van der Waals surface area contributed by atoms with E-state index in [1.165, 1.54) is 30.3 Å². The van der Waals surface area contributed by atoms with Crippen LogP contribution >= 0.6 is 0 Å². The van der Waals surface area contributed by atoms with E-state index in [2.05, 4.69) is 10.6 Å². The van der Waals surface area contributed by atoms with Crippen molar-refractivity contribution in [1.29, 1.82) is 0 Å². The highest BCUT2D eigenvalue weighted by Gasteiger charge is 2.30. The molecule has 2 N–H and O–H groups in total. The Kier molecular flexibility index (Phi) is 6.16. The third kappa shape index (κ3) is 5.47. The molecule has 0 saturated heterocycles. The number of carbonyl (C=O) groups is 1. The minimum Gasteiger partial charge on any atom is -0.379 e. The van der Waals surface area contributed by atoms with Crippen LogP contribution in [0.5, 0.6) is 0 Å². The smallest absolute Gasteiger partial charge is 0.379 e. The summed E-state index contributed by atoms with van der Waals surface area (Å²) in [5, 5.41) is 16.2. The Morgan fingerprint density at radius 1 is 1.12 bits per heavy atom. The van der Waals surface area contributed by atoms with E-state index in [-0.39, 0.29) is 31.1 Å². The van der Waals surface area contributed by atoms with Gasteiger partial charge in [-0.1, -0.05) is 24.3 Å². The molecule has 0 aliphatic rings. The van der Waals surface area contributed by atoms with Crippen LogP contribution in [0.4, 0.5) is 24.5 Å². The number of nitrogens with zero attached hydrogens (tertiary/aromatic N) is 1. The van der Waals surface area contributed by atoms with Gasteiger partial charge in [-0.2, -0.15) is 13.2 Å². The Morgan fingerprint density at radius 2 is 1.85 bits per heavy atom. The second-order valence-corrected chi connectivity index (χ2v) is 5.43. The van der Waals surface area contributed by atoms with Crippen molar-refractivity contribution in [2.24, 2.45) is 0 Å². The van der Waals surface area contributed by atoms with Crippen LogP contribution in [0.3, 0.4) is 0 Å². The first kappa shape index (κ1) is 19.2. The van der Waals surface area contributed by atoms with Crippen LogP contribution in [0, 0.1) is 10.1 Å². The molecular weight excluding hydrogens is 351 g/mol. The predicted molar refractivity (Wildman–Crippen MR) is 89.5 cm³/mol. The summed E-state index contributed by atoms with van der Waals surface area (Å²) in [7, 11) is 0. The summed E-state index contributed by atoms with van der Waals surface area (Å²) in [6.07, 6.45) is -4.42. The maximum Gasteiger partial charge on any atom is 0.416 e. The third-order valence-corrected chi connectivity index (χ3v) is 3.51. The fraction of sp³-hybridized carbons (Fsp3) is 0.235. The summed E-state index contributed by atoms with van der Waals surface area (Å²) in [5.41, 5.74) is -0.248. The molecule has 0 spiro atoms. The fourth-order valence-electron chi connectivity index (χ4n) is 2.24. The van der Waals surface area contributed by atoms with E-state index in [1.807, 2.05) is 0 Å². The highest BCUT2D eigenvalue weighted by Crippen LogP contribution is 2.29. The number of nitrogens with one attached hydrogen (secondary N) is 2. The molecule has 0 atom stereocenters. The lowest BCUT2D eigenvalue weighted by Crippen LogP contribution is -2.25. The zero-order valence-electron chi connectivity index (χ0n) is 13.5. The molecule has 0 aromatic heterocycles. The van der Waals surface area contributed by atoms with Gasteiger partial charge < -0.3 is 10.6 Å². The number of benzene rings is 2. The molecule has 138 valence electrons. The molecule has 26 heavy (non-hydrogen) atoms. The largest absolute Gasteiger partial charge is 0.416 e. The summed E-state index contributed by atoms with van der Waals surface area (Å²) in [4.78, 5) is 22.2. The molecule has 0 saturated carbocycles. The lowest BCUT2D eigenvalue weighted by atomic mass is 10.1. The summed E-state index contributed by atoms with van der Waals surface area (Å²) in [6.45, 7) is 0.119. The van der Waals surface area contributed by atoms with Crippen molar-refractivity contribution in [3.8, 4) is 0 Å². The van der Waals surface area contributed by atoms with Crippen molar-refractivity contribution in [1.82, 2.24) is 5.32 Å². The van der Waals surface area contributed by atoms with Crippen molar-refractivity contribution < 1.29 is 22.9 Å². The standard InChI is InChI=1S/C17H16F3N3O3/c18-17(19,20)13-5-3-4-12(10-13)11-22-16(24)8-9-21-14-6-1-2-7-15(14)23(25)26/h1-7,10,21H,8-9,11H2,(H,22,24). The lowest BCUT2D eigenvalue weighted by molar-refractivity contribution is -0.384. The zero-order chi connectivity index (χ0) is 19.2. The van der Waals surface area contributed by atoms with Crippen molar-refractivity contribution in [2.75, 3.05) is 11.9 Å². The van der Waals surface area contributed by atoms with Gasteiger partial charge in [0.25, 0.3) is 5.69 Å². The number of nitro groups is 1. The summed E-state index contributed by atoms with van der Waals surface area (Å²) < 4.78 is 37.9. The van der Waals surface area contributed by atoms with Crippen molar-refractivity contribution >= 4 is 17.3 Å². The SMILES string of the molecule is O=C(CCNc1ccccc1[N+](=O)[O-])NCc1cccc(C(F)(F)F)c1. The highest BCUT2D eigenvalue weighted by atomic mass is 19.4. The Hall–Kier alpha value is -3.10. The number of hydrogen-bond donors (Lipinski definition) is 2. The Morgan fingerprint density at radius 3 is 2.54 bits per heavy atom. The molecule has 0 fully saturated rings. The van der Waals surface area contributed by atoms with E-state index in [0.717, 1.165) is 12.1 Å². The van der Waals surface area contributed by atoms with Crippen LogP contribution in [0.15, 0.2) is 48.5 Å². The number of alkyl halides is 3. The molecule has 2 aromatic rings. The predicted octanol–water partition coefficient (Wildman–Crippen LogP) is 3.73. The van der Waals surface area contributed by atoms with Gasteiger partial charge in [0.2, 0.25) is 5.91 Å². The molecule has 0 radical (unpaired) electrons. The second kappa shape index (κ2) is 8.32. The van der Waals surface area contributed by atoms with Gasteiger partial charge in [0, 0.05) is 25.6 Å². The number of carbonyl (C=O) groups excluding carboxylic acids is 1. The van der Waals surface area contributed by atoms with Gasteiger partial charge in [0.15, 0.2) is 0 Å². The Labute approximate surface area is 147 Å². The Balaban J connectivity index is 1.82. The van der Waals surface area contributed by atoms with Gasteiger partial charge >= 0.3 is 6.18 Å². The molecular formula is C17H16F3N3O3. The molecule has 0 aliphatic heterocycles. The van der Waals surface area contributed by atoms with Gasteiger partial charge in [-0.05, 0) is 23.8 Å². The van der Waals surface area contributed by atoms with E-state index in [9.17, 15) is 28.1 Å². The fourth-order valence-corrected chi connectivity index (χ4v) is 2.24. The van der Waals surface area contributed by atoms with Crippen LogP contribution in [-0.4, -0.2) is 17.4 Å². The van der Waals surface area contributed by atoms with Crippen molar-refractivity contribution in [3.05, 3.63) is 69.8 Å². The van der Waals surface area contributed by atoms with Gasteiger partial charge in [-0.15, -0.1) is 0 Å². The van der Waals surface area contributed by atoms with Gasteiger partial charge in [-0.3, -0.25) is 14.9 Å². The third-order valence-electron chi connectivity index (χ3n) is 3.51. The highest BCUT2D eigenvalue weighted by molar-refractivity contribution is 5.76. The normalized spacial score (nSPS) is 11.0. The minimum atomic E-state index is -4.44. The van der Waals surface area contributed by atoms with Gasteiger partial charge in [0.05, 0.1) is 10.5 Å². The molecule has 9 heteroatoms. The van der Waals surface area contributed by atoms with E-state index in [0.29, 0.717) is 11.3 Å². The molecule has 1 amide bonds. The monoisotopic (exact) mass is 367 g/mol. The van der Waals surface area contributed by atoms with E-state index >= 15 is 0 Å². The van der Waals surface area contributed by atoms with Crippen molar-refractivity contribution in [3.63, 3.8) is 0 Å². The molecule has 0 aliphatic carbocycles. The first-order valence-corrected chi connectivity index (χ1v) is 7.67. The second-order valence-electron chi connectivity index (χ2n) is 5.43. The Bertz CT molecular complexity index is 794. The summed E-state index contributed by atoms with van der Waals surface area (Å²) in [5.74, 6) is -0.381. The number of nitro benzene ring substituents is 1. The molecule has 0 unspecified atom stereocenters. The number of rotatable bonds is 7. The summed E-state index contributed by atoms with van der Waals surface area (Å²) in [6, 6.07) is 10.7. The summed E-state index contributed by atoms with van der Waals surface area (Å²) >= 11 is 0. The van der Waals surface area contributed by atoms with Crippen LogP contribution < -0.4 is 10.6 Å². The number of para-hydroxylation sites is 2. The average Bonchev–Trinajstić information content (AvgIpc) is 2.60. The van der Waals surface area contributed by atoms with Crippen LogP contribution in [0.1, 0.15) is 17.5 Å². The molecule has 6 nitrogen and oxygen atoms in total. The van der Waals surface area contributed by atoms with Gasteiger partial charge in [-0.25, -0.2) is 0 Å². The first-order valence-electron chi connectivity index (χ1n) is 7.67. The van der Waals surface area contributed by atoms with Crippen LogP contribution in [-0.2, 0) is 17.5 Å². The van der Waals surface area contributed by atoms with E-state index in [4.69, 9.17) is 0 Å². The van der Waals surface area contributed by atoms with Gasteiger partial charge in [0.1, 0.15) is 5.69 Å². The first-order chi connectivity index (χ1) is 12.3. The minimum absolute atomic E-state index is 0.0189. The maximum atomic E-state index is 12.6. The maximum absolute atomic E-state index is 12.6. The number of amides is 1. The number of halogens is 3. The van der Waals surface area contributed by atoms with E-state index in [1.54, 1.807) is 6.07 Å². The lowest BCUT2D eigenvalue weighted by Gasteiger charge is -2.10.